The monoisotopic (exact) mass is 207 g/mol. The first-order valence-electron chi connectivity index (χ1n) is 4.45. The molecule has 4 heteroatoms. The van der Waals surface area contributed by atoms with Gasteiger partial charge in [0.1, 0.15) is 0 Å². The number of rotatable bonds is 2. The second kappa shape index (κ2) is 3.80. The molecule has 2 rings (SSSR count). The van der Waals surface area contributed by atoms with Gasteiger partial charge in [-0.3, -0.25) is 0 Å². The first-order chi connectivity index (χ1) is 6.79. The van der Waals surface area contributed by atoms with Crippen molar-refractivity contribution in [3.8, 4) is 5.82 Å². The number of pyridine rings is 1. The molecular weight excluding hydrogens is 198 g/mol. The second-order valence-corrected chi connectivity index (χ2v) is 3.42. The highest BCUT2D eigenvalue weighted by molar-refractivity contribution is 6.30. The Labute approximate surface area is 87.3 Å². The van der Waals surface area contributed by atoms with Crippen LogP contribution in [0.15, 0.2) is 30.7 Å². The summed E-state index contributed by atoms with van der Waals surface area (Å²) in [4.78, 5) is 4.17. The van der Waals surface area contributed by atoms with Crippen LogP contribution in [0.2, 0.25) is 5.02 Å². The van der Waals surface area contributed by atoms with E-state index in [1.807, 2.05) is 12.4 Å². The summed E-state index contributed by atoms with van der Waals surface area (Å²) in [5.74, 6) is 0.747. The van der Waals surface area contributed by atoms with Crippen LogP contribution < -0.4 is 0 Å². The summed E-state index contributed by atoms with van der Waals surface area (Å²) < 4.78 is 1.73. The highest BCUT2D eigenvalue weighted by Gasteiger charge is 2.00. The molecule has 0 aliphatic carbocycles. The fourth-order valence-corrected chi connectivity index (χ4v) is 1.34. The third-order valence-corrected chi connectivity index (χ3v) is 2.22. The number of aromatic nitrogens is 3. The highest BCUT2D eigenvalue weighted by atomic mass is 35.5. The van der Waals surface area contributed by atoms with Crippen LogP contribution in [0.4, 0.5) is 0 Å². The Morgan fingerprint density at radius 3 is 3.00 bits per heavy atom. The zero-order valence-electron chi connectivity index (χ0n) is 7.81. The average molecular weight is 208 g/mol. The van der Waals surface area contributed by atoms with E-state index in [1.54, 1.807) is 23.0 Å². The molecule has 0 N–H and O–H groups in total. The molecule has 0 radical (unpaired) electrons. The number of aryl methyl sites for hydroxylation is 1. The van der Waals surface area contributed by atoms with E-state index in [2.05, 4.69) is 17.0 Å². The van der Waals surface area contributed by atoms with E-state index in [1.165, 1.54) is 5.56 Å². The lowest BCUT2D eigenvalue weighted by molar-refractivity contribution is 0.846. The average Bonchev–Trinajstić information content (AvgIpc) is 2.66. The summed E-state index contributed by atoms with van der Waals surface area (Å²) in [6.07, 6.45) is 6.44. The molecule has 0 fully saturated rings. The van der Waals surface area contributed by atoms with Gasteiger partial charge in [-0.2, -0.15) is 5.10 Å². The molecular formula is C10H10ClN3. The van der Waals surface area contributed by atoms with Crippen molar-refractivity contribution >= 4 is 11.6 Å². The molecule has 0 aliphatic rings. The Morgan fingerprint density at radius 2 is 2.36 bits per heavy atom. The van der Waals surface area contributed by atoms with E-state index in [0.717, 1.165) is 12.2 Å². The maximum Gasteiger partial charge on any atom is 0.154 e. The minimum atomic E-state index is 0.670. The van der Waals surface area contributed by atoms with Crippen LogP contribution in [0.3, 0.4) is 0 Å². The van der Waals surface area contributed by atoms with Gasteiger partial charge in [-0.25, -0.2) is 9.67 Å². The normalized spacial score (nSPS) is 10.4. The van der Waals surface area contributed by atoms with E-state index in [-0.39, 0.29) is 0 Å². The summed E-state index contributed by atoms with van der Waals surface area (Å²) in [5.41, 5.74) is 1.19. The number of nitrogens with zero attached hydrogens (tertiary/aromatic N) is 3. The lowest BCUT2D eigenvalue weighted by Gasteiger charge is -1.99. The van der Waals surface area contributed by atoms with Crippen LogP contribution in [-0.2, 0) is 6.42 Å². The van der Waals surface area contributed by atoms with Crippen molar-refractivity contribution < 1.29 is 0 Å². The summed E-state index contributed by atoms with van der Waals surface area (Å²) in [6, 6.07) is 3.53. The Morgan fingerprint density at radius 1 is 1.50 bits per heavy atom. The zero-order chi connectivity index (χ0) is 9.97. The standard InChI is InChI=1S/C10H10ClN3/c1-2-8-6-13-14(7-8)10-5-9(11)3-4-12-10/h3-7H,2H2,1H3. The van der Waals surface area contributed by atoms with Gasteiger partial charge >= 0.3 is 0 Å². The van der Waals surface area contributed by atoms with Crippen molar-refractivity contribution in [2.45, 2.75) is 13.3 Å². The van der Waals surface area contributed by atoms with Gasteiger partial charge in [-0.15, -0.1) is 0 Å². The van der Waals surface area contributed by atoms with E-state index in [4.69, 9.17) is 11.6 Å². The topological polar surface area (TPSA) is 30.7 Å². The molecule has 0 saturated heterocycles. The molecule has 0 atom stereocenters. The summed E-state index contributed by atoms with van der Waals surface area (Å²) >= 11 is 5.85. The van der Waals surface area contributed by atoms with Crippen molar-refractivity contribution in [2.75, 3.05) is 0 Å². The van der Waals surface area contributed by atoms with Gasteiger partial charge in [0.25, 0.3) is 0 Å². The smallest absolute Gasteiger partial charge is 0.154 e. The lowest BCUT2D eigenvalue weighted by atomic mass is 10.3. The Kier molecular flexibility index (Phi) is 2.50. The molecule has 14 heavy (non-hydrogen) atoms. The fourth-order valence-electron chi connectivity index (χ4n) is 1.19. The van der Waals surface area contributed by atoms with Crippen LogP contribution in [-0.4, -0.2) is 14.8 Å². The fraction of sp³-hybridized carbons (Fsp3) is 0.200. The Balaban J connectivity index is 2.39. The second-order valence-electron chi connectivity index (χ2n) is 2.98. The number of hydrogen-bond acceptors (Lipinski definition) is 2. The summed E-state index contributed by atoms with van der Waals surface area (Å²) in [7, 11) is 0. The number of halogens is 1. The van der Waals surface area contributed by atoms with Gasteiger partial charge in [-0.05, 0) is 18.1 Å². The highest BCUT2D eigenvalue weighted by Crippen LogP contribution is 2.11. The number of hydrogen-bond donors (Lipinski definition) is 0. The van der Waals surface area contributed by atoms with Crippen molar-refractivity contribution in [1.29, 1.82) is 0 Å². The molecule has 0 bridgehead atoms. The molecule has 72 valence electrons. The molecule has 0 unspecified atom stereocenters. The molecule has 3 nitrogen and oxygen atoms in total. The van der Waals surface area contributed by atoms with Crippen LogP contribution >= 0.6 is 11.6 Å². The van der Waals surface area contributed by atoms with Gasteiger partial charge in [0.15, 0.2) is 5.82 Å². The Hall–Kier alpha value is -1.35. The van der Waals surface area contributed by atoms with Gasteiger partial charge in [0, 0.05) is 23.5 Å². The van der Waals surface area contributed by atoms with Gasteiger partial charge in [-0.1, -0.05) is 18.5 Å². The zero-order valence-corrected chi connectivity index (χ0v) is 8.57. The van der Waals surface area contributed by atoms with E-state index in [0.29, 0.717) is 5.02 Å². The minimum Gasteiger partial charge on any atom is -0.237 e. The maximum absolute atomic E-state index is 5.85. The summed E-state index contributed by atoms with van der Waals surface area (Å²) in [5, 5.41) is 4.86. The first kappa shape index (κ1) is 9.21. The maximum atomic E-state index is 5.85. The van der Waals surface area contributed by atoms with Gasteiger partial charge < -0.3 is 0 Å². The molecule has 2 aromatic rings. The SMILES string of the molecule is CCc1cnn(-c2cc(Cl)ccn2)c1. The summed E-state index contributed by atoms with van der Waals surface area (Å²) in [6.45, 7) is 2.09. The molecule has 0 spiro atoms. The predicted octanol–water partition coefficient (Wildman–Crippen LogP) is 2.48. The molecule has 2 aromatic heterocycles. The van der Waals surface area contributed by atoms with Crippen molar-refractivity contribution in [2.24, 2.45) is 0 Å². The predicted molar refractivity (Wildman–Crippen MR) is 55.7 cm³/mol. The van der Waals surface area contributed by atoms with E-state index in [9.17, 15) is 0 Å². The third kappa shape index (κ3) is 1.77. The molecule has 0 amide bonds. The molecule has 2 heterocycles. The van der Waals surface area contributed by atoms with Crippen molar-refractivity contribution in [3.05, 3.63) is 41.3 Å². The third-order valence-electron chi connectivity index (χ3n) is 1.99. The van der Waals surface area contributed by atoms with Gasteiger partial charge in [0.05, 0.1) is 6.20 Å². The minimum absolute atomic E-state index is 0.670. The van der Waals surface area contributed by atoms with Crippen molar-refractivity contribution in [1.82, 2.24) is 14.8 Å². The van der Waals surface area contributed by atoms with Gasteiger partial charge in [0.2, 0.25) is 0 Å². The van der Waals surface area contributed by atoms with Crippen LogP contribution in [0.1, 0.15) is 12.5 Å². The lowest BCUT2D eigenvalue weighted by Crippen LogP contribution is -1.96. The molecule has 0 aromatic carbocycles. The molecule has 0 saturated carbocycles. The Bertz CT molecular complexity index is 436. The van der Waals surface area contributed by atoms with Crippen LogP contribution in [0.5, 0.6) is 0 Å². The van der Waals surface area contributed by atoms with Crippen LogP contribution in [0, 0.1) is 0 Å². The largest absolute Gasteiger partial charge is 0.237 e. The first-order valence-corrected chi connectivity index (χ1v) is 4.83. The van der Waals surface area contributed by atoms with E-state index >= 15 is 0 Å². The van der Waals surface area contributed by atoms with Crippen molar-refractivity contribution in [3.63, 3.8) is 0 Å². The quantitative estimate of drug-likeness (QED) is 0.758. The van der Waals surface area contributed by atoms with E-state index < -0.39 is 0 Å². The van der Waals surface area contributed by atoms with Crippen LogP contribution in [0.25, 0.3) is 5.82 Å². The molecule has 0 aliphatic heterocycles.